The van der Waals surface area contributed by atoms with Crippen molar-refractivity contribution in [2.45, 2.75) is 6.92 Å². The Morgan fingerprint density at radius 2 is 2.17 bits per heavy atom. The minimum atomic E-state index is -0.0562. The quantitative estimate of drug-likeness (QED) is 0.426. The summed E-state index contributed by atoms with van der Waals surface area (Å²) in [5.41, 5.74) is 2.20. The van der Waals surface area contributed by atoms with E-state index in [1.807, 2.05) is 13.1 Å². The van der Waals surface area contributed by atoms with Crippen LogP contribution in [0.5, 0.6) is 11.5 Å². The van der Waals surface area contributed by atoms with Crippen LogP contribution in [0.25, 0.3) is 5.82 Å². The summed E-state index contributed by atoms with van der Waals surface area (Å²) in [6.07, 6.45) is 4.96. The number of hydrazone groups is 1. The molecule has 0 saturated carbocycles. The summed E-state index contributed by atoms with van der Waals surface area (Å²) >= 11 is 0. The monoisotopic (exact) mass is 324 g/mol. The minimum Gasteiger partial charge on any atom is -0.504 e. The second-order valence-corrected chi connectivity index (χ2v) is 5.06. The molecule has 0 amide bonds. The Morgan fingerprint density at radius 3 is 2.83 bits per heavy atom. The first-order chi connectivity index (χ1) is 11.6. The predicted molar refractivity (Wildman–Crippen MR) is 88.4 cm³/mol. The highest BCUT2D eigenvalue weighted by Crippen LogP contribution is 2.31. The fourth-order valence-electron chi connectivity index (χ4n) is 2.29. The molecule has 1 aromatic carbocycles. The van der Waals surface area contributed by atoms with Gasteiger partial charge in [-0.15, -0.1) is 0 Å². The number of aromatic nitrogens is 4. The van der Waals surface area contributed by atoms with Crippen LogP contribution in [0.3, 0.4) is 0 Å². The Morgan fingerprint density at radius 1 is 1.33 bits per heavy atom. The maximum atomic E-state index is 10.3. The molecular weight excluding hydrogens is 308 g/mol. The number of para-hydroxylation sites is 1. The summed E-state index contributed by atoms with van der Waals surface area (Å²) in [5.74, 6) is 6.38. The van der Waals surface area contributed by atoms with Gasteiger partial charge >= 0.3 is 0 Å². The molecule has 0 spiro atoms. The van der Waals surface area contributed by atoms with Gasteiger partial charge in [-0.25, -0.2) is 14.6 Å². The molecular formula is C16H16N6O2. The summed E-state index contributed by atoms with van der Waals surface area (Å²) in [4.78, 5) is 8.40. The van der Waals surface area contributed by atoms with Gasteiger partial charge in [-0.1, -0.05) is 6.07 Å². The van der Waals surface area contributed by atoms with Crippen LogP contribution in [0.1, 0.15) is 16.8 Å². The largest absolute Gasteiger partial charge is 0.504 e. The Hall–Kier alpha value is -3.42. The number of methoxy groups -OCH3 is 1. The number of aromatic hydroxyl groups is 1. The molecule has 0 aliphatic rings. The van der Waals surface area contributed by atoms with Crippen molar-refractivity contribution in [1.82, 2.24) is 19.7 Å². The first-order valence-electron chi connectivity index (χ1n) is 7.12. The highest BCUT2D eigenvalue weighted by molar-refractivity contribution is 6.13. The van der Waals surface area contributed by atoms with E-state index in [4.69, 9.17) is 10.6 Å². The molecule has 8 nitrogen and oxygen atoms in total. The van der Waals surface area contributed by atoms with Crippen LogP contribution in [0.2, 0.25) is 0 Å². The van der Waals surface area contributed by atoms with Gasteiger partial charge in [-0.05, 0) is 24.6 Å². The van der Waals surface area contributed by atoms with Gasteiger partial charge < -0.3 is 15.7 Å². The minimum absolute atomic E-state index is 0.0562. The Labute approximate surface area is 138 Å². The van der Waals surface area contributed by atoms with E-state index in [1.165, 1.54) is 13.4 Å². The fraction of sp³-hybridized carbons (Fsp3) is 0.125. The van der Waals surface area contributed by atoms with E-state index in [0.29, 0.717) is 28.5 Å². The normalized spacial score (nSPS) is 11.5. The molecule has 0 fully saturated rings. The van der Waals surface area contributed by atoms with Crippen LogP contribution < -0.4 is 10.6 Å². The van der Waals surface area contributed by atoms with E-state index < -0.39 is 0 Å². The van der Waals surface area contributed by atoms with Crippen LogP contribution in [0, 0.1) is 6.92 Å². The average Bonchev–Trinajstić information content (AvgIpc) is 3.04. The van der Waals surface area contributed by atoms with Crippen molar-refractivity contribution in [3.8, 4) is 17.3 Å². The molecule has 0 saturated heterocycles. The van der Waals surface area contributed by atoms with Crippen LogP contribution in [-0.4, -0.2) is 37.7 Å². The molecule has 0 aliphatic heterocycles. The Balaban J connectivity index is 2.07. The lowest BCUT2D eigenvalue weighted by Gasteiger charge is -2.10. The van der Waals surface area contributed by atoms with Gasteiger partial charge in [-0.2, -0.15) is 10.2 Å². The van der Waals surface area contributed by atoms with Crippen LogP contribution >= 0.6 is 0 Å². The molecule has 0 radical (unpaired) electrons. The smallest absolute Gasteiger partial charge is 0.167 e. The number of phenols is 1. The maximum absolute atomic E-state index is 10.3. The molecule has 3 rings (SSSR count). The molecule has 0 unspecified atom stereocenters. The van der Waals surface area contributed by atoms with E-state index in [9.17, 15) is 5.11 Å². The lowest BCUT2D eigenvalue weighted by Crippen LogP contribution is -2.11. The van der Waals surface area contributed by atoms with E-state index in [1.54, 1.807) is 35.1 Å². The van der Waals surface area contributed by atoms with E-state index >= 15 is 0 Å². The first kappa shape index (κ1) is 15.5. The fourth-order valence-corrected chi connectivity index (χ4v) is 2.29. The number of phenolic OH excluding ortho intramolecular Hbond substituents is 1. The number of ether oxygens (including phenoxy) is 1. The zero-order valence-corrected chi connectivity index (χ0v) is 13.2. The lowest BCUT2D eigenvalue weighted by molar-refractivity contribution is 0.373. The van der Waals surface area contributed by atoms with Gasteiger partial charge in [0.1, 0.15) is 12.0 Å². The number of rotatable bonds is 4. The van der Waals surface area contributed by atoms with E-state index in [2.05, 4.69) is 20.2 Å². The lowest BCUT2D eigenvalue weighted by atomic mass is 10.1. The Bertz CT molecular complexity index is 903. The molecule has 0 atom stereocenters. The number of hydrogen-bond acceptors (Lipinski definition) is 7. The molecule has 0 bridgehead atoms. The van der Waals surface area contributed by atoms with Crippen molar-refractivity contribution in [3.63, 3.8) is 0 Å². The molecule has 2 aromatic heterocycles. The van der Waals surface area contributed by atoms with Gasteiger partial charge in [0, 0.05) is 17.8 Å². The van der Waals surface area contributed by atoms with Crippen LogP contribution in [0.15, 0.2) is 48.1 Å². The number of hydrogen-bond donors (Lipinski definition) is 2. The third-order valence-corrected chi connectivity index (χ3v) is 3.44. The SMILES string of the molecule is COc1cccc(/C(=N\N)c2cc(-n3cc(C)cn3)ncn2)c1O. The maximum Gasteiger partial charge on any atom is 0.167 e. The molecule has 24 heavy (non-hydrogen) atoms. The average molecular weight is 324 g/mol. The summed E-state index contributed by atoms with van der Waals surface area (Å²) in [5, 5.41) is 18.3. The van der Waals surface area contributed by atoms with E-state index in [-0.39, 0.29) is 5.75 Å². The van der Waals surface area contributed by atoms with Crippen LogP contribution in [0.4, 0.5) is 0 Å². The van der Waals surface area contributed by atoms with Gasteiger partial charge in [0.25, 0.3) is 0 Å². The molecule has 2 heterocycles. The number of aryl methyl sites for hydroxylation is 1. The number of nitrogens with two attached hydrogens (primary N) is 1. The van der Waals surface area contributed by atoms with Crippen molar-refractivity contribution < 1.29 is 9.84 Å². The highest BCUT2D eigenvalue weighted by Gasteiger charge is 2.17. The predicted octanol–water partition coefficient (Wildman–Crippen LogP) is 1.40. The summed E-state index contributed by atoms with van der Waals surface area (Å²) < 4.78 is 6.74. The molecule has 3 N–H and O–H groups in total. The van der Waals surface area contributed by atoms with Crippen molar-refractivity contribution >= 4 is 5.71 Å². The molecule has 3 aromatic rings. The van der Waals surface area contributed by atoms with Gasteiger partial charge in [0.2, 0.25) is 0 Å². The third-order valence-electron chi connectivity index (χ3n) is 3.44. The second kappa shape index (κ2) is 6.37. The molecule has 8 heteroatoms. The first-order valence-corrected chi connectivity index (χ1v) is 7.12. The Kier molecular flexibility index (Phi) is 4.11. The summed E-state index contributed by atoms with van der Waals surface area (Å²) in [7, 11) is 1.47. The van der Waals surface area contributed by atoms with Crippen LogP contribution in [-0.2, 0) is 0 Å². The van der Waals surface area contributed by atoms with Gasteiger partial charge in [0.15, 0.2) is 17.3 Å². The van der Waals surface area contributed by atoms with Crippen molar-refractivity contribution in [1.29, 1.82) is 0 Å². The summed E-state index contributed by atoms with van der Waals surface area (Å²) in [6, 6.07) is 6.75. The van der Waals surface area contributed by atoms with E-state index in [0.717, 1.165) is 5.56 Å². The second-order valence-electron chi connectivity index (χ2n) is 5.06. The molecule has 0 aliphatic carbocycles. The number of benzene rings is 1. The zero-order valence-electron chi connectivity index (χ0n) is 13.2. The topological polar surface area (TPSA) is 111 Å². The molecule has 122 valence electrons. The zero-order chi connectivity index (χ0) is 17.1. The standard InChI is InChI=1S/C16H16N6O2/c1-10-7-20-22(8-10)14-6-12(18-9-19-14)15(21-17)11-4-3-5-13(24-2)16(11)23/h3-9,23H,17H2,1-2H3/b21-15+. The summed E-state index contributed by atoms with van der Waals surface area (Å²) in [6.45, 7) is 1.94. The number of nitrogens with zero attached hydrogens (tertiary/aromatic N) is 5. The third kappa shape index (κ3) is 2.76. The van der Waals surface area contributed by atoms with Crippen molar-refractivity contribution in [2.75, 3.05) is 7.11 Å². The highest BCUT2D eigenvalue weighted by atomic mass is 16.5. The van der Waals surface area contributed by atoms with Gasteiger partial charge in [-0.3, -0.25) is 0 Å². The van der Waals surface area contributed by atoms with Crippen molar-refractivity contribution in [2.24, 2.45) is 10.9 Å². The van der Waals surface area contributed by atoms with Crippen molar-refractivity contribution in [3.05, 3.63) is 59.8 Å². The van der Waals surface area contributed by atoms with Gasteiger partial charge in [0.05, 0.1) is 19.0 Å².